The number of ether oxygens (including phenoxy) is 1. The largest absolute Gasteiger partial charge is 0.497 e. The Hall–Kier alpha value is -1.66. The Morgan fingerprint density at radius 2 is 2.30 bits per heavy atom. The number of hydrogen-bond acceptors (Lipinski definition) is 4. The van der Waals surface area contributed by atoms with E-state index in [4.69, 9.17) is 4.74 Å². The fourth-order valence-corrected chi connectivity index (χ4v) is 2.87. The lowest BCUT2D eigenvalue weighted by Gasteiger charge is -2.03. The van der Waals surface area contributed by atoms with E-state index in [1.54, 1.807) is 24.7 Å². The van der Waals surface area contributed by atoms with Gasteiger partial charge in [-0.05, 0) is 45.8 Å². The van der Waals surface area contributed by atoms with Gasteiger partial charge >= 0.3 is 0 Å². The monoisotopic (exact) mass is 352 g/mol. The molecule has 2 rings (SSSR count). The van der Waals surface area contributed by atoms with Gasteiger partial charge in [-0.15, -0.1) is 11.3 Å². The second kappa shape index (κ2) is 7.21. The summed E-state index contributed by atoms with van der Waals surface area (Å²) in [7, 11) is 1.60. The first kappa shape index (κ1) is 14.7. The minimum Gasteiger partial charge on any atom is -0.497 e. The molecule has 0 aliphatic rings. The quantitative estimate of drug-likeness (QED) is 0.663. The Balaban J connectivity index is 1.87. The molecule has 0 fully saturated rings. The molecule has 0 aliphatic carbocycles. The maximum atomic E-state index is 11.7. The number of rotatable bonds is 5. The Kier molecular flexibility index (Phi) is 5.31. The molecule has 4 nitrogen and oxygen atoms in total. The molecule has 0 bridgehead atoms. The highest BCUT2D eigenvalue weighted by Crippen LogP contribution is 2.20. The zero-order valence-corrected chi connectivity index (χ0v) is 13.2. The van der Waals surface area contributed by atoms with Gasteiger partial charge in [0.15, 0.2) is 0 Å². The molecule has 0 aliphatic heterocycles. The van der Waals surface area contributed by atoms with Crippen molar-refractivity contribution in [2.45, 2.75) is 6.42 Å². The van der Waals surface area contributed by atoms with Crippen molar-refractivity contribution in [2.24, 2.45) is 5.10 Å². The number of amides is 1. The van der Waals surface area contributed by atoms with Crippen molar-refractivity contribution in [3.63, 3.8) is 0 Å². The first-order valence-electron chi connectivity index (χ1n) is 5.87. The molecule has 6 heteroatoms. The summed E-state index contributed by atoms with van der Waals surface area (Å²) >= 11 is 4.92. The molecular formula is C14H13BrN2O2S. The molecule has 1 aromatic heterocycles. The molecule has 20 heavy (non-hydrogen) atoms. The van der Waals surface area contributed by atoms with Crippen LogP contribution in [0.3, 0.4) is 0 Å². The van der Waals surface area contributed by atoms with E-state index in [0.29, 0.717) is 0 Å². The highest BCUT2D eigenvalue weighted by molar-refractivity contribution is 9.11. The molecule has 1 heterocycles. The van der Waals surface area contributed by atoms with E-state index in [2.05, 4.69) is 26.5 Å². The van der Waals surface area contributed by atoms with Gasteiger partial charge in [-0.1, -0.05) is 12.1 Å². The van der Waals surface area contributed by atoms with Gasteiger partial charge in [0.2, 0.25) is 5.91 Å². The number of carbonyl (C=O) groups excluding carboxylic acids is 1. The number of carbonyl (C=O) groups is 1. The molecule has 0 radical (unpaired) electrons. The van der Waals surface area contributed by atoms with E-state index < -0.39 is 0 Å². The summed E-state index contributed by atoms with van der Waals surface area (Å²) in [6, 6.07) is 11.3. The lowest BCUT2D eigenvalue weighted by molar-refractivity contribution is -0.120. The van der Waals surface area contributed by atoms with Gasteiger partial charge in [0.25, 0.3) is 0 Å². The Bertz CT molecular complexity index is 625. The number of halogens is 1. The first-order chi connectivity index (χ1) is 9.67. The van der Waals surface area contributed by atoms with Crippen molar-refractivity contribution in [1.29, 1.82) is 0 Å². The maximum absolute atomic E-state index is 11.7. The lowest BCUT2D eigenvalue weighted by Crippen LogP contribution is -2.19. The highest BCUT2D eigenvalue weighted by atomic mass is 79.9. The van der Waals surface area contributed by atoms with Crippen LogP contribution < -0.4 is 10.2 Å². The molecule has 1 N–H and O–H groups in total. The van der Waals surface area contributed by atoms with Crippen molar-refractivity contribution >= 4 is 39.4 Å². The van der Waals surface area contributed by atoms with E-state index >= 15 is 0 Å². The molecule has 0 unspecified atom stereocenters. The number of hydrogen-bond donors (Lipinski definition) is 1. The van der Waals surface area contributed by atoms with Gasteiger partial charge in [0.1, 0.15) is 5.75 Å². The number of methoxy groups -OCH3 is 1. The number of thiophene rings is 1. The van der Waals surface area contributed by atoms with Crippen LogP contribution in [0.2, 0.25) is 0 Å². The fraction of sp³-hybridized carbons (Fsp3) is 0.143. The first-order valence-corrected chi connectivity index (χ1v) is 7.48. The zero-order valence-electron chi connectivity index (χ0n) is 10.8. The predicted molar refractivity (Wildman–Crippen MR) is 84.5 cm³/mol. The second-order valence-corrected chi connectivity index (χ2v) is 6.46. The average Bonchev–Trinajstić information content (AvgIpc) is 2.84. The number of nitrogens with zero attached hydrogens (tertiary/aromatic N) is 1. The molecule has 104 valence electrons. The van der Waals surface area contributed by atoms with Crippen molar-refractivity contribution in [3.05, 3.63) is 50.6 Å². The van der Waals surface area contributed by atoms with Crippen LogP contribution in [-0.2, 0) is 11.2 Å². The zero-order chi connectivity index (χ0) is 14.4. The number of nitrogens with one attached hydrogen (secondary N) is 1. The van der Waals surface area contributed by atoms with Gasteiger partial charge in [-0.2, -0.15) is 5.10 Å². The van der Waals surface area contributed by atoms with E-state index in [0.717, 1.165) is 20.0 Å². The Morgan fingerprint density at radius 1 is 1.45 bits per heavy atom. The van der Waals surface area contributed by atoms with E-state index in [-0.39, 0.29) is 12.3 Å². The standard InChI is InChI=1S/C14H13BrN2O2S/c1-19-11-4-2-3-10(7-11)8-14(18)17-16-9-12-5-6-13(15)20-12/h2-7,9H,8H2,1H3,(H,17,18)/b16-9+. The van der Waals surface area contributed by atoms with Gasteiger partial charge in [-0.3, -0.25) is 4.79 Å². The van der Waals surface area contributed by atoms with Crippen LogP contribution in [0.25, 0.3) is 0 Å². The molecule has 0 saturated heterocycles. The van der Waals surface area contributed by atoms with Crippen LogP contribution in [0, 0.1) is 0 Å². The lowest BCUT2D eigenvalue weighted by atomic mass is 10.1. The summed E-state index contributed by atoms with van der Waals surface area (Å²) in [6.07, 6.45) is 1.89. The van der Waals surface area contributed by atoms with Crippen LogP contribution in [0.4, 0.5) is 0 Å². The number of hydrazone groups is 1. The van der Waals surface area contributed by atoms with Crippen molar-refractivity contribution in [2.75, 3.05) is 7.11 Å². The summed E-state index contributed by atoms with van der Waals surface area (Å²) in [6.45, 7) is 0. The predicted octanol–water partition coefficient (Wildman–Crippen LogP) is 3.21. The van der Waals surface area contributed by atoms with Gasteiger partial charge in [0, 0.05) is 4.88 Å². The highest BCUT2D eigenvalue weighted by Gasteiger charge is 2.03. The Morgan fingerprint density at radius 3 is 3.00 bits per heavy atom. The molecule has 1 aromatic carbocycles. The van der Waals surface area contributed by atoms with E-state index in [9.17, 15) is 4.79 Å². The van der Waals surface area contributed by atoms with Gasteiger partial charge in [-0.25, -0.2) is 5.43 Å². The third-order valence-electron chi connectivity index (χ3n) is 2.47. The minimum atomic E-state index is -0.162. The molecule has 1 amide bonds. The van der Waals surface area contributed by atoms with Crippen LogP contribution in [0.1, 0.15) is 10.4 Å². The molecule has 2 aromatic rings. The second-order valence-electron chi connectivity index (χ2n) is 3.96. The third kappa shape index (κ3) is 4.47. The summed E-state index contributed by atoms with van der Waals surface area (Å²) in [5.74, 6) is 0.576. The van der Waals surface area contributed by atoms with E-state index in [1.807, 2.05) is 36.4 Å². The summed E-state index contributed by atoms with van der Waals surface area (Å²) in [5.41, 5.74) is 3.39. The smallest absolute Gasteiger partial charge is 0.244 e. The third-order valence-corrected chi connectivity index (χ3v) is 4.03. The van der Waals surface area contributed by atoms with Gasteiger partial charge < -0.3 is 4.74 Å². The molecule has 0 spiro atoms. The number of benzene rings is 1. The fourth-order valence-electron chi connectivity index (χ4n) is 1.57. The average molecular weight is 353 g/mol. The van der Waals surface area contributed by atoms with Crippen molar-refractivity contribution < 1.29 is 9.53 Å². The summed E-state index contributed by atoms with van der Waals surface area (Å²) < 4.78 is 6.14. The van der Waals surface area contributed by atoms with Gasteiger partial charge in [0.05, 0.1) is 23.5 Å². The minimum absolute atomic E-state index is 0.162. The molecular weight excluding hydrogens is 340 g/mol. The molecule has 0 atom stereocenters. The normalized spacial score (nSPS) is 10.7. The van der Waals surface area contributed by atoms with Crippen LogP contribution in [0.5, 0.6) is 5.75 Å². The van der Waals surface area contributed by atoms with Crippen molar-refractivity contribution in [3.8, 4) is 5.75 Å². The topological polar surface area (TPSA) is 50.7 Å². The molecule has 0 saturated carbocycles. The summed E-state index contributed by atoms with van der Waals surface area (Å²) in [4.78, 5) is 12.7. The summed E-state index contributed by atoms with van der Waals surface area (Å²) in [5, 5.41) is 3.93. The SMILES string of the molecule is COc1cccc(CC(=O)N/N=C/c2ccc(Br)s2)c1. The van der Waals surface area contributed by atoms with E-state index in [1.165, 1.54) is 0 Å². The Labute approximate surface area is 129 Å². The van der Waals surface area contributed by atoms with Crippen molar-refractivity contribution in [1.82, 2.24) is 5.43 Å². The maximum Gasteiger partial charge on any atom is 0.244 e. The van der Waals surface area contributed by atoms with Crippen LogP contribution >= 0.6 is 27.3 Å². The van der Waals surface area contributed by atoms with Crippen LogP contribution in [0.15, 0.2) is 45.3 Å². The van der Waals surface area contributed by atoms with Crippen LogP contribution in [-0.4, -0.2) is 19.2 Å².